The second-order valence-electron chi connectivity index (χ2n) is 8.81. The predicted octanol–water partition coefficient (Wildman–Crippen LogP) is 6.44. The van der Waals surface area contributed by atoms with Crippen LogP contribution >= 0.6 is 0 Å². The molecule has 5 aromatic rings. The van der Waals surface area contributed by atoms with Crippen molar-refractivity contribution in [1.29, 1.82) is 0 Å². The van der Waals surface area contributed by atoms with E-state index in [1.807, 2.05) is 31.2 Å². The Kier molecular flexibility index (Phi) is 6.65. The zero-order chi connectivity index (χ0) is 26.9. The summed E-state index contributed by atoms with van der Waals surface area (Å²) in [6.45, 7) is 1.79. The fourth-order valence-corrected chi connectivity index (χ4v) is 5.84. The molecule has 0 radical (unpaired) electrons. The smallest absolute Gasteiger partial charge is 0.335 e. The van der Waals surface area contributed by atoms with Gasteiger partial charge in [-0.25, -0.2) is 26.9 Å². The molecule has 0 unspecified atom stereocenters. The molecule has 1 heterocycles. The number of pyridine rings is 1. The third kappa shape index (κ3) is 4.73. The number of hydrogen-bond donors (Lipinski definition) is 1. The van der Waals surface area contributed by atoms with Gasteiger partial charge in [-0.1, -0.05) is 66.7 Å². The molecule has 0 spiro atoms. The highest BCUT2D eigenvalue weighted by atomic mass is 32.2. The van der Waals surface area contributed by atoms with E-state index in [-0.39, 0.29) is 28.6 Å². The molecule has 5 rings (SSSR count). The van der Waals surface area contributed by atoms with Crippen molar-refractivity contribution in [3.8, 4) is 11.1 Å². The summed E-state index contributed by atoms with van der Waals surface area (Å²) in [5.74, 6) is -1.22. The second kappa shape index (κ2) is 10.1. The molecule has 0 atom stereocenters. The molecule has 1 aromatic heterocycles. The summed E-state index contributed by atoms with van der Waals surface area (Å²) >= 11 is 0. The molecule has 0 fully saturated rings. The molecule has 4 aromatic carbocycles. The van der Waals surface area contributed by atoms with E-state index in [4.69, 9.17) is 0 Å². The Morgan fingerprint density at radius 2 is 1.55 bits per heavy atom. The standard InChI is InChI=1S/C30H23FN2O4S/c1-20-26-7-3-2-6-24(26)18-32-29(20)33(38(36,37)25-16-14-23(15-17-25)30(34)35)19-21-10-12-22(13-11-21)27-8-4-5-9-28(27)31/h2-18H,19H2,1H3,(H,34,35). The number of aromatic nitrogens is 1. The van der Waals surface area contributed by atoms with Crippen molar-refractivity contribution >= 4 is 32.6 Å². The van der Waals surface area contributed by atoms with Crippen molar-refractivity contribution < 1.29 is 22.7 Å². The van der Waals surface area contributed by atoms with Crippen molar-refractivity contribution in [3.63, 3.8) is 0 Å². The molecule has 0 aliphatic heterocycles. The number of anilines is 1. The Labute approximate surface area is 219 Å². The number of rotatable bonds is 7. The summed E-state index contributed by atoms with van der Waals surface area (Å²) in [5.41, 5.74) is 2.47. The van der Waals surface area contributed by atoms with Crippen LogP contribution in [0.15, 0.2) is 108 Å². The number of carboxylic acids is 1. The van der Waals surface area contributed by atoms with Gasteiger partial charge in [-0.3, -0.25) is 0 Å². The van der Waals surface area contributed by atoms with Gasteiger partial charge in [0.1, 0.15) is 11.6 Å². The van der Waals surface area contributed by atoms with Crippen molar-refractivity contribution in [2.75, 3.05) is 4.31 Å². The Morgan fingerprint density at radius 3 is 2.24 bits per heavy atom. The van der Waals surface area contributed by atoms with Crippen molar-refractivity contribution in [2.45, 2.75) is 18.4 Å². The van der Waals surface area contributed by atoms with Crippen LogP contribution < -0.4 is 4.31 Å². The minimum absolute atomic E-state index is 0.0146. The van der Waals surface area contributed by atoms with Crippen LogP contribution in [0.3, 0.4) is 0 Å². The number of aryl methyl sites for hydroxylation is 1. The third-order valence-electron chi connectivity index (χ3n) is 6.42. The number of aromatic carboxylic acids is 1. The highest BCUT2D eigenvalue weighted by molar-refractivity contribution is 7.92. The molecule has 0 aliphatic rings. The number of hydrogen-bond acceptors (Lipinski definition) is 4. The second-order valence-corrected chi connectivity index (χ2v) is 10.7. The zero-order valence-electron chi connectivity index (χ0n) is 20.4. The SMILES string of the molecule is Cc1c(N(Cc2ccc(-c3ccccc3F)cc2)S(=O)(=O)c2ccc(C(=O)O)cc2)ncc2ccccc12. The van der Waals surface area contributed by atoms with E-state index < -0.39 is 16.0 Å². The lowest BCUT2D eigenvalue weighted by atomic mass is 10.0. The van der Waals surface area contributed by atoms with Gasteiger partial charge < -0.3 is 5.11 Å². The molecule has 0 bridgehead atoms. The lowest BCUT2D eigenvalue weighted by Gasteiger charge is -2.26. The molecule has 0 saturated heterocycles. The summed E-state index contributed by atoms with van der Waals surface area (Å²) in [6, 6.07) is 26.1. The topological polar surface area (TPSA) is 87.6 Å². The van der Waals surface area contributed by atoms with Crippen LogP contribution in [0.4, 0.5) is 10.2 Å². The third-order valence-corrected chi connectivity index (χ3v) is 8.17. The summed E-state index contributed by atoms with van der Waals surface area (Å²) in [7, 11) is -4.14. The quantitative estimate of drug-likeness (QED) is 0.264. The monoisotopic (exact) mass is 526 g/mol. The van der Waals surface area contributed by atoms with Gasteiger partial charge >= 0.3 is 5.97 Å². The predicted molar refractivity (Wildman–Crippen MR) is 145 cm³/mol. The Morgan fingerprint density at radius 1 is 0.895 bits per heavy atom. The van der Waals surface area contributed by atoms with Gasteiger partial charge in [-0.15, -0.1) is 0 Å². The van der Waals surface area contributed by atoms with Gasteiger partial charge in [0.15, 0.2) is 0 Å². The first-order chi connectivity index (χ1) is 18.3. The number of halogens is 1. The van der Waals surface area contributed by atoms with Crippen LogP contribution in [0.5, 0.6) is 0 Å². The number of fused-ring (bicyclic) bond motifs is 1. The average Bonchev–Trinajstić information content (AvgIpc) is 2.93. The van der Waals surface area contributed by atoms with Gasteiger partial charge in [0.25, 0.3) is 10.0 Å². The molecule has 0 amide bonds. The van der Waals surface area contributed by atoms with Crippen LogP contribution in [0, 0.1) is 12.7 Å². The van der Waals surface area contributed by atoms with Crippen LogP contribution in [0.2, 0.25) is 0 Å². The molecule has 38 heavy (non-hydrogen) atoms. The van der Waals surface area contributed by atoms with Gasteiger partial charge in [0.2, 0.25) is 0 Å². The molecule has 6 nitrogen and oxygen atoms in total. The molecular weight excluding hydrogens is 503 g/mol. The maximum atomic E-state index is 14.3. The first-order valence-corrected chi connectivity index (χ1v) is 13.2. The Hall–Kier alpha value is -4.56. The maximum absolute atomic E-state index is 14.3. The first-order valence-electron chi connectivity index (χ1n) is 11.8. The highest BCUT2D eigenvalue weighted by Gasteiger charge is 2.28. The normalized spacial score (nSPS) is 11.4. The number of sulfonamides is 1. The van der Waals surface area contributed by atoms with Crippen LogP contribution in [-0.4, -0.2) is 24.5 Å². The lowest BCUT2D eigenvalue weighted by molar-refractivity contribution is 0.0696. The highest BCUT2D eigenvalue weighted by Crippen LogP contribution is 2.32. The van der Waals surface area contributed by atoms with E-state index in [1.54, 1.807) is 48.7 Å². The molecule has 0 aliphatic carbocycles. The molecule has 190 valence electrons. The zero-order valence-corrected chi connectivity index (χ0v) is 21.2. The molecular formula is C30H23FN2O4S. The van der Waals surface area contributed by atoms with Gasteiger partial charge in [0, 0.05) is 22.7 Å². The van der Waals surface area contributed by atoms with Crippen molar-refractivity contribution in [1.82, 2.24) is 4.98 Å². The van der Waals surface area contributed by atoms with Crippen LogP contribution in [0.25, 0.3) is 21.9 Å². The summed E-state index contributed by atoms with van der Waals surface area (Å²) in [5, 5.41) is 11.0. The summed E-state index contributed by atoms with van der Waals surface area (Å²) in [4.78, 5) is 15.7. The van der Waals surface area contributed by atoms with Gasteiger partial charge in [0.05, 0.1) is 17.0 Å². The maximum Gasteiger partial charge on any atom is 0.335 e. The minimum Gasteiger partial charge on any atom is -0.478 e. The number of benzene rings is 4. The fraction of sp³-hybridized carbons (Fsp3) is 0.0667. The number of carboxylic acid groups (broad SMARTS) is 1. The molecule has 8 heteroatoms. The number of carbonyl (C=O) groups is 1. The van der Waals surface area contributed by atoms with Crippen molar-refractivity contribution in [2.24, 2.45) is 0 Å². The fourth-order valence-electron chi connectivity index (χ4n) is 4.37. The van der Waals surface area contributed by atoms with E-state index >= 15 is 0 Å². The Balaban J connectivity index is 1.59. The van der Waals surface area contributed by atoms with Gasteiger partial charge in [-0.05, 0) is 53.8 Å². The summed E-state index contributed by atoms with van der Waals surface area (Å²) < 4.78 is 43.4. The van der Waals surface area contributed by atoms with Crippen LogP contribution in [0.1, 0.15) is 21.5 Å². The van der Waals surface area contributed by atoms with E-state index in [0.29, 0.717) is 22.3 Å². The lowest BCUT2D eigenvalue weighted by Crippen LogP contribution is -2.32. The largest absolute Gasteiger partial charge is 0.478 e. The van der Waals surface area contributed by atoms with E-state index in [1.165, 1.54) is 34.6 Å². The first kappa shape index (κ1) is 25.1. The molecule has 0 saturated carbocycles. The summed E-state index contributed by atoms with van der Waals surface area (Å²) in [6.07, 6.45) is 1.63. The average molecular weight is 527 g/mol. The van der Waals surface area contributed by atoms with E-state index in [9.17, 15) is 22.7 Å². The number of nitrogens with zero attached hydrogens (tertiary/aromatic N) is 2. The van der Waals surface area contributed by atoms with Crippen molar-refractivity contribution in [3.05, 3.63) is 126 Å². The van der Waals surface area contributed by atoms with E-state index in [0.717, 1.165) is 10.8 Å². The minimum atomic E-state index is -4.14. The Bertz CT molecular complexity index is 1750. The van der Waals surface area contributed by atoms with Crippen LogP contribution in [-0.2, 0) is 16.6 Å². The van der Waals surface area contributed by atoms with Gasteiger partial charge in [-0.2, -0.15) is 0 Å². The van der Waals surface area contributed by atoms with E-state index in [2.05, 4.69) is 4.98 Å². The molecule has 1 N–H and O–H groups in total.